The minimum absolute atomic E-state index is 0.0115. The molecule has 3 N–H and O–H groups in total. The molecule has 1 aliphatic heterocycles. The van der Waals surface area contributed by atoms with E-state index < -0.39 is 28.8 Å². The Labute approximate surface area is 175 Å². The summed E-state index contributed by atoms with van der Waals surface area (Å²) >= 11 is 0. The molecule has 31 heavy (non-hydrogen) atoms. The molecule has 3 aromatic carbocycles. The third kappa shape index (κ3) is 2.98. The fraction of sp³-hybridized carbons (Fsp3) is 0.0833. The summed E-state index contributed by atoms with van der Waals surface area (Å²) in [6, 6.07) is 16.2. The molecule has 7 heteroatoms. The zero-order chi connectivity index (χ0) is 21.7. The molecule has 0 spiro atoms. The van der Waals surface area contributed by atoms with E-state index in [1.807, 2.05) is 30.3 Å². The number of hydrogen-bond acceptors (Lipinski definition) is 7. The minimum atomic E-state index is -0.812. The number of rotatable bonds is 2. The Kier molecular flexibility index (Phi) is 4.18. The quantitative estimate of drug-likeness (QED) is 0.334. The first-order valence-corrected chi connectivity index (χ1v) is 9.54. The summed E-state index contributed by atoms with van der Waals surface area (Å²) in [5.74, 6) is -2.08. The van der Waals surface area contributed by atoms with E-state index in [4.69, 9.17) is 9.15 Å². The predicted molar refractivity (Wildman–Crippen MR) is 111 cm³/mol. The second-order valence-corrected chi connectivity index (χ2v) is 7.31. The second-order valence-electron chi connectivity index (χ2n) is 7.31. The molecule has 0 saturated carbocycles. The molecule has 0 amide bonds. The lowest BCUT2D eigenvalue weighted by molar-refractivity contribution is -0.135. The van der Waals surface area contributed by atoms with Gasteiger partial charge in [0.05, 0.1) is 6.42 Å². The van der Waals surface area contributed by atoms with Gasteiger partial charge in [0.2, 0.25) is 11.2 Å². The summed E-state index contributed by atoms with van der Waals surface area (Å²) in [7, 11) is 0. The summed E-state index contributed by atoms with van der Waals surface area (Å²) in [4.78, 5) is 25.2. The van der Waals surface area contributed by atoms with Gasteiger partial charge in [-0.2, -0.15) is 0 Å². The van der Waals surface area contributed by atoms with E-state index >= 15 is 0 Å². The molecular weight excluding hydrogens is 400 g/mol. The maximum Gasteiger partial charge on any atom is 0.312 e. The summed E-state index contributed by atoms with van der Waals surface area (Å²) < 4.78 is 11.3. The van der Waals surface area contributed by atoms with Crippen molar-refractivity contribution in [2.75, 3.05) is 0 Å². The third-order valence-electron chi connectivity index (χ3n) is 5.40. The molecular formula is C24H16O7. The summed E-state index contributed by atoms with van der Waals surface area (Å²) in [6.07, 6.45) is 0.0238. The zero-order valence-corrected chi connectivity index (χ0v) is 16.0. The largest absolute Gasteiger partial charge is 0.508 e. The molecule has 1 aliphatic rings. The lowest BCUT2D eigenvalue weighted by Crippen LogP contribution is -2.22. The molecule has 0 fully saturated rings. The van der Waals surface area contributed by atoms with Crippen molar-refractivity contribution in [2.24, 2.45) is 0 Å². The van der Waals surface area contributed by atoms with Gasteiger partial charge in [0, 0.05) is 23.1 Å². The fourth-order valence-corrected chi connectivity index (χ4v) is 3.96. The molecule has 1 atom stereocenters. The molecule has 1 aromatic heterocycles. The number of hydrogen-bond donors (Lipinski definition) is 3. The van der Waals surface area contributed by atoms with E-state index in [1.165, 1.54) is 30.3 Å². The monoisotopic (exact) mass is 416 g/mol. The SMILES string of the molecule is O=C1CC(c2ccccc2)c2c(cc(O)c3c(=O)c(O)c(-c4ccc(O)cc4)oc23)O1. The van der Waals surface area contributed by atoms with Gasteiger partial charge in [-0.3, -0.25) is 9.59 Å². The Hall–Kier alpha value is -4.26. The molecule has 5 rings (SSSR count). The minimum Gasteiger partial charge on any atom is -0.508 e. The Balaban J connectivity index is 1.86. The van der Waals surface area contributed by atoms with Crippen molar-refractivity contribution in [1.29, 1.82) is 0 Å². The van der Waals surface area contributed by atoms with Crippen LogP contribution in [0.15, 0.2) is 69.9 Å². The standard InChI is InChI=1S/C24H16O7/c25-14-8-6-13(7-9-14)23-22(29)21(28)20-16(26)11-17-19(24(20)31-23)15(10-18(27)30-17)12-4-2-1-3-5-12/h1-9,11,15,25-26,29H,10H2. The van der Waals surface area contributed by atoms with Crippen LogP contribution in [0, 0.1) is 0 Å². The van der Waals surface area contributed by atoms with Crippen molar-refractivity contribution in [3.05, 3.63) is 82.0 Å². The van der Waals surface area contributed by atoms with Gasteiger partial charge in [0.1, 0.15) is 28.2 Å². The van der Waals surface area contributed by atoms with Crippen LogP contribution in [0.25, 0.3) is 22.3 Å². The molecule has 154 valence electrons. The van der Waals surface area contributed by atoms with E-state index in [1.54, 1.807) is 0 Å². The van der Waals surface area contributed by atoms with Gasteiger partial charge in [0.25, 0.3) is 0 Å². The molecule has 1 unspecified atom stereocenters. The first kappa shape index (κ1) is 18.7. The average molecular weight is 416 g/mol. The van der Waals surface area contributed by atoms with E-state index in [2.05, 4.69) is 0 Å². The van der Waals surface area contributed by atoms with Crippen LogP contribution in [-0.4, -0.2) is 21.3 Å². The second kappa shape index (κ2) is 6.91. The van der Waals surface area contributed by atoms with Gasteiger partial charge in [-0.25, -0.2) is 0 Å². The topological polar surface area (TPSA) is 117 Å². The predicted octanol–water partition coefficient (Wildman–Crippen LogP) is 4.02. The van der Waals surface area contributed by atoms with E-state index in [0.29, 0.717) is 11.1 Å². The van der Waals surface area contributed by atoms with Gasteiger partial charge in [-0.15, -0.1) is 0 Å². The Bertz CT molecular complexity index is 1390. The van der Waals surface area contributed by atoms with Gasteiger partial charge in [-0.1, -0.05) is 30.3 Å². The highest BCUT2D eigenvalue weighted by Crippen LogP contribution is 2.46. The van der Waals surface area contributed by atoms with Crippen molar-refractivity contribution in [3.8, 4) is 34.3 Å². The van der Waals surface area contributed by atoms with Crippen LogP contribution in [0.4, 0.5) is 0 Å². The number of aromatic hydroxyl groups is 3. The first-order chi connectivity index (χ1) is 14.9. The number of benzene rings is 3. The van der Waals surface area contributed by atoms with E-state index in [-0.39, 0.29) is 34.6 Å². The lowest BCUT2D eigenvalue weighted by atomic mass is 9.85. The van der Waals surface area contributed by atoms with Crippen LogP contribution in [-0.2, 0) is 4.79 Å². The molecule has 7 nitrogen and oxygen atoms in total. The smallest absolute Gasteiger partial charge is 0.312 e. The van der Waals surface area contributed by atoms with Crippen LogP contribution in [0.2, 0.25) is 0 Å². The molecule has 2 heterocycles. The molecule has 0 bridgehead atoms. The maximum absolute atomic E-state index is 13.0. The van der Waals surface area contributed by atoms with Crippen molar-refractivity contribution in [3.63, 3.8) is 0 Å². The van der Waals surface area contributed by atoms with Crippen molar-refractivity contribution >= 4 is 16.9 Å². The Morgan fingerprint density at radius 1 is 0.903 bits per heavy atom. The number of esters is 1. The zero-order valence-electron chi connectivity index (χ0n) is 16.0. The number of carbonyl (C=O) groups excluding carboxylic acids is 1. The van der Waals surface area contributed by atoms with Gasteiger partial charge >= 0.3 is 5.97 Å². The van der Waals surface area contributed by atoms with Crippen LogP contribution in [0.5, 0.6) is 23.0 Å². The highest BCUT2D eigenvalue weighted by Gasteiger charge is 2.34. The Morgan fingerprint density at radius 2 is 1.61 bits per heavy atom. The third-order valence-corrected chi connectivity index (χ3v) is 5.40. The number of fused-ring (bicyclic) bond motifs is 3. The first-order valence-electron chi connectivity index (χ1n) is 9.54. The van der Waals surface area contributed by atoms with Gasteiger partial charge < -0.3 is 24.5 Å². The molecule has 0 saturated heterocycles. The number of phenolic OH excluding ortho intramolecular Hbond substituents is 2. The van der Waals surface area contributed by atoms with Crippen LogP contribution in [0.3, 0.4) is 0 Å². The van der Waals surface area contributed by atoms with Crippen LogP contribution in [0.1, 0.15) is 23.5 Å². The van der Waals surface area contributed by atoms with Gasteiger partial charge in [0.15, 0.2) is 5.76 Å². The lowest BCUT2D eigenvalue weighted by Gasteiger charge is -2.26. The normalized spacial score (nSPS) is 15.5. The van der Waals surface area contributed by atoms with E-state index in [9.17, 15) is 24.9 Å². The van der Waals surface area contributed by atoms with Crippen LogP contribution < -0.4 is 10.2 Å². The fourth-order valence-electron chi connectivity index (χ4n) is 3.96. The van der Waals surface area contributed by atoms with Gasteiger partial charge in [-0.05, 0) is 29.8 Å². The highest BCUT2D eigenvalue weighted by molar-refractivity contribution is 5.94. The maximum atomic E-state index is 13.0. The average Bonchev–Trinajstić information content (AvgIpc) is 2.76. The highest BCUT2D eigenvalue weighted by atomic mass is 16.5. The van der Waals surface area contributed by atoms with E-state index in [0.717, 1.165) is 5.56 Å². The van der Waals surface area contributed by atoms with Crippen LogP contribution >= 0.6 is 0 Å². The number of ether oxygens (including phenoxy) is 1. The summed E-state index contributed by atoms with van der Waals surface area (Å²) in [5.41, 5.74) is 0.830. The number of phenols is 2. The molecule has 0 radical (unpaired) electrons. The van der Waals surface area contributed by atoms with Crippen molar-refractivity contribution in [1.82, 2.24) is 0 Å². The summed E-state index contributed by atoms with van der Waals surface area (Å²) in [5, 5.41) is 30.3. The van der Waals surface area contributed by atoms with Crippen molar-refractivity contribution in [2.45, 2.75) is 12.3 Å². The van der Waals surface area contributed by atoms with Crippen molar-refractivity contribution < 1.29 is 29.3 Å². The Morgan fingerprint density at radius 3 is 2.32 bits per heavy atom. The number of carbonyl (C=O) groups is 1. The summed E-state index contributed by atoms with van der Waals surface area (Å²) in [6.45, 7) is 0. The molecule has 4 aromatic rings. The molecule has 0 aliphatic carbocycles.